The van der Waals surface area contributed by atoms with Crippen LogP contribution in [0.1, 0.15) is 24.1 Å². The maximum absolute atomic E-state index is 9.80. The van der Waals surface area contributed by atoms with E-state index in [9.17, 15) is 5.11 Å². The zero-order chi connectivity index (χ0) is 13.0. The van der Waals surface area contributed by atoms with E-state index in [1.54, 1.807) is 18.5 Å². The van der Waals surface area contributed by atoms with Crippen LogP contribution in [-0.4, -0.2) is 10.1 Å². The van der Waals surface area contributed by atoms with Crippen molar-refractivity contribution in [2.45, 2.75) is 19.5 Å². The molecule has 0 radical (unpaired) electrons. The van der Waals surface area contributed by atoms with Crippen LogP contribution in [0.5, 0.6) is 5.75 Å². The van der Waals surface area contributed by atoms with E-state index in [-0.39, 0.29) is 11.8 Å². The van der Waals surface area contributed by atoms with Gasteiger partial charge in [-0.05, 0) is 30.7 Å². The molecule has 0 amide bonds. The van der Waals surface area contributed by atoms with Gasteiger partial charge in [-0.15, -0.1) is 0 Å². The molecule has 0 saturated heterocycles. The van der Waals surface area contributed by atoms with Gasteiger partial charge in [0.25, 0.3) is 0 Å². The number of nitrogens with one attached hydrogen (secondary N) is 1. The van der Waals surface area contributed by atoms with Gasteiger partial charge in [0.2, 0.25) is 0 Å². The van der Waals surface area contributed by atoms with Gasteiger partial charge in [0.15, 0.2) is 0 Å². The third kappa shape index (κ3) is 3.00. The summed E-state index contributed by atoms with van der Waals surface area (Å²) in [4.78, 5) is 3.99. The molecule has 94 valence electrons. The maximum Gasteiger partial charge on any atom is 0.138 e. The molecule has 0 fully saturated rings. The summed E-state index contributed by atoms with van der Waals surface area (Å²) in [5.74, 6) is 0.147. The lowest BCUT2D eigenvalue weighted by Crippen LogP contribution is -2.18. The summed E-state index contributed by atoms with van der Waals surface area (Å²) in [6.07, 6.45) is 3.54. The van der Waals surface area contributed by atoms with Gasteiger partial charge in [0, 0.05) is 30.5 Å². The Balaban J connectivity index is 2.02. The summed E-state index contributed by atoms with van der Waals surface area (Å²) in [7, 11) is 0. The van der Waals surface area contributed by atoms with E-state index in [2.05, 4.69) is 17.2 Å². The second-order valence-corrected chi connectivity index (χ2v) is 4.54. The van der Waals surface area contributed by atoms with Gasteiger partial charge in [-0.1, -0.05) is 23.7 Å². The molecule has 2 aromatic rings. The van der Waals surface area contributed by atoms with E-state index in [0.717, 1.165) is 11.1 Å². The lowest BCUT2D eigenvalue weighted by molar-refractivity contribution is 0.460. The zero-order valence-corrected chi connectivity index (χ0v) is 10.9. The second-order valence-electron chi connectivity index (χ2n) is 4.13. The molecular formula is C14H15ClN2O. The quantitative estimate of drug-likeness (QED) is 0.889. The van der Waals surface area contributed by atoms with E-state index in [1.165, 1.54) is 0 Å². The van der Waals surface area contributed by atoms with E-state index in [4.69, 9.17) is 11.6 Å². The molecule has 1 aromatic heterocycles. The van der Waals surface area contributed by atoms with E-state index < -0.39 is 0 Å². The van der Waals surface area contributed by atoms with Crippen molar-refractivity contribution in [1.82, 2.24) is 10.3 Å². The van der Waals surface area contributed by atoms with Crippen molar-refractivity contribution in [3.8, 4) is 5.75 Å². The van der Waals surface area contributed by atoms with Crippen LogP contribution in [0.2, 0.25) is 5.02 Å². The minimum absolute atomic E-state index is 0.147. The molecule has 0 aliphatic heterocycles. The monoisotopic (exact) mass is 262 g/mol. The largest absolute Gasteiger partial charge is 0.506 e. The van der Waals surface area contributed by atoms with Crippen LogP contribution in [0.3, 0.4) is 0 Å². The molecule has 0 spiro atoms. The highest BCUT2D eigenvalue weighted by Gasteiger charge is 2.08. The summed E-state index contributed by atoms with van der Waals surface area (Å²) in [5.41, 5.74) is 1.95. The molecule has 18 heavy (non-hydrogen) atoms. The predicted octanol–water partition coefficient (Wildman–Crippen LogP) is 3.29. The molecule has 3 nitrogen and oxygen atoms in total. The number of para-hydroxylation sites is 1. The summed E-state index contributed by atoms with van der Waals surface area (Å²) < 4.78 is 0. The first-order chi connectivity index (χ1) is 8.68. The Morgan fingerprint density at radius 2 is 2.00 bits per heavy atom. The molecule has 0 aliphatic carbocycles. The Kier molecular flexibility index (Phi) is 4.18. The van der Waals surface area contributed by atoms with Gasteiger partial charge in [-0.2, -0.15) is 0 Å². The molecule has 1 aromatic carbocycles. The SMILES string of the molecule is CC(NCc1cccc(Cl)c1O)c1ccncc1. The minimum Gasteiger partial charge on any atom is -0.506 e. The smallest absolute Gasteiger partial charge is 0.138 e. The molecule has 1 atom stereocenters. The highest BCUT2D eigenvalue weighted by molar-refractivity contribution is 6.32. The molecule has 4 heteroatoms. The number of hydrogen-bond donors (Lipinski definition) is 2. The normalized spacial score (nSPS) is 12.3. The summed E-state index contributed by atoms with van der Waals surface area (Å²) in [6.45, 7) is 2.63. The van der Waals surface area contributed by atoms with Crippen molar-refractivity contribution in [1.29, 1.82) is 0 Å². The van der Waals surface area contributed by atoms with E-state index >= 15 is 0 Å². The molecule has 1 unspecified atom stereocenters. The van der Waals surface area contributed by atoms with Crippen molar-refractivity contribution in [3.63, 3.8) is 0 Å². The summed E-state index contributed by atoms with van der Waals surface area (Å²) in [6, 6.07) is 9.48. The first kappa shape index (κ1) is 12.9. The number of hydrogen-bond acceptors (Lipinski definition) is 3. The fourth-order valence-electron chi connectivity index (χ4n) is 1.74. The highest BCUT2D eigenvalue weighted by Crippen LogP contribution is 2.27. The van der Waals surface area contributed by atoms with Gasteiger partial charge in [0.1, 0.15) is 5.75 Å². The van der Waals surface area contributed by atoms with Gasteiger partial charge in [-0.3, -0.25) is 4.98 Å². The first-order valence-electron chi connectivity index (χ1n) is 5.78. The first-order valence-corrected chi connectivity index (χ1v) is 6.16. The van der Waals surface area contributed by atoms with Crippen LogP contribution in [0, 0.1) is 0 Å². The standard InChI is InChI=1S/C14H15ClN2O/c1-10(11-5-7-16-8-6-11)17-9-12-3-2-4-13(15)14(12)18/h2-8,10,17-18H,9H2,1H3. The van der Waals surface area contributed by atoms with Crippen molar-refractivity contribution in [3.05, 3.63) is 58.9 Å². The fraction of sp³-hybridized carbons (Fsp3) is 0.214. The average Bonchev–Trinajstić information content (AvgIpc) is 2.41. The lowest BCUT2D eigenvalue weighted by atomic mass is 10.1. The highest BCUT2D eigenvalue weighted by atomic mass is 35.5. The lowest BCUT2D eigenvalue weighted by Gasteiger charge is -2.14. The molecule has 0 aliphatic rings. The third-order valence-electron chi connectivity index (χ3n) is 2.88. The number of phenols is 1. The summed E-state index contributed by atoms with van der Waals surface area (Å²) in [5, 5.41) is 13.5. The molecule has 1 heterocycles. The number of aromatic nitrogens is 1. The van der Waals surface area contributed by atoms with Crippen molar-refractivity contribution in [2.75, 3.05) is 0 Å². The van der Waals surface area contributed by atoms with Crippen LogP contribution < -0.4 is 5.32 Å². The van der Waals surface area contributed by atoms with Crippen molar-refractivity contribution >= 4 is 11.6 Å². The Morgan fingerprint density at radius 1 is 1.28 bits per heavy atom. The van der Waals surface area contributed by atoms with Crippen LogP contribution in [0.15, 0.2) is 42.7 Å². The van der Waals surface area contributed by atoms with Crippen molar-refractivity contribution < 1.29 is 5.11 Å². The van der Waals surface area contributed by atoms with Crippen LogP contribution in [-0.2, 0) is 6.54 Å². The topological polar surface area (TPSA) is 45.1 Å². The Hall–Kier alpha value is -1.58. The Labute approximate surface area is 111 Å². The van der Waals surface area contributed by atoms with Gasteiger partial charge in [0.05, 0.1) is 5.02 Å². The minimum atomic E-state index is 0.147. The molecular weight excluding hydrogens is 248 g/mol. The number of phenolic OH excluding ortho intramolecular Hbond substituents is 1. The second kappa shape index (κ2) is 5.85. The zero-order valence-electron chi connectivity index (χ0n) is 10.1. The van der Waals surface area contributed by atoms with Crippen LogP contribution in [0.25, 0.3) is 0 Å². The molecule has 2 N–H and O–H groups in total. The average molecular weight is 263 g/mol. The van der Waals surface area contributed by atoms with Crippen LogP contribution in [0.4, 0.5) is 0 Å². The number of nitrogens with zero attached hydrogens (tertiary/aromatic N) is 1. The molecule has 2 rings (SSSR count). The van der Waals surface area contributed by atoms with Crippen molar-refractivity contribution in [2.24, 2.45) is 0 Å². The third-order valence-corrected chi connectivity index (χ3v) is 3.18. The van der Waals surface area contributed by atoms with Gasteiger partial charge < -0.3 is 10.4 Å². The number of halogens is 1. The summed E-state index contributed by atoms with van der Waals surface area (Å²) >= 11 is 5.86. The number of rotatable bonds is 4. The van der Waals surface area contributed by atoms with E-state index in [1.807, 2.05) is 24.3 Å². The fourth-order valence-corrected chi connectivity index (χ4v) is 1.93. The van der Waals surface area contributed by atoms with E-state index in [0.29, 0.717) is 11.6 Å². The predicted molar refractivity (Wildman–Crippen MR) is 72.6 cm³/mol. The maximum atomic E-state index is 9.80. The number of pyridine rings is 1. The number of aromatic hydroxyl groups is 1. The van der Waals surface area contributed by atoms with Gasteiger partial charge in [-0.25, -0.2) is 0 Å². The molecule has 0 saturated carbocycles. The molecule has 0 bridgehead atoms. The Bertz CT molecular complexity index is 516. The number of benzene rings is 1. The van der Waals surface area contributed by atoms with Gasteiger partial charge >= 0.3 is 0 Å². The Morgan fingerprint density at radius 3 is 2.72 bits per heavy atom. The van der Waals surface area contributed by atoms with Crippen LogP contribution >= 0.6 is 11.6 Å².